The van der Waals surface area contributed by atoms with Crippen LogP contribution in [0.4, 0.5) is 0 Å². The highest BCUT2D eigenvalue weighted by molar-refractivity contribution is 5.65. The first-order valence-electron chi connectivity index (χ1n) is 7.43. The lowest BCUT2D eigenvalue weighted by Crippen LogP contribution is -2.23. The van der Waals surface area contributed by atoms with Crippen molar-refractivity contribution in [1.82, 2.24) is 24.6 Å². The lowest BCUT2D eigenvalue weighted by Gasteiger charge is -2.19. The molecule has 0 atom stereocenters. The van der Waals surface area contributed by atoms with Crippen LogP contribution in [0.5, 0.6) is 0 Å². The van der Waals surface area contributed by atoms with Crippen LogP contribution in [-0.4, -0.2) is 29.7 Å². The standard InChI is InChI=1S/C16H19N5O2/c1-9(2)12-13(20-15-18-8-19-21(15)14(12)22)10-5-11(7-17-6-10)16(3,4)23/h5-9,23H,1-4H3,(H,18,19,20). The third kappa shape index (κ3) is 2.63. The van der Waals surface area contributed by atoms with E-state index in [1.807, 2.05) is 19.9 Å². The van der Waals surface area contributed by atoms with Gasteiger partial charge in [0.15, 0.2) is 0 Å². The van der Waals surface area contributed by atoms with Crippen molar-refractivity contribution >= 4 is 5.78 Å². The van der Waals surface area contributed by atoms with Crippen molar-refractivity contribution in [2.24, 2.45) is 0 Å². The molecule has 0 aliphatic heterocycles. The highest BCUT2D eigenvalue weighted by Gasteiger charge is 2.21. The van der Waals surface area contributed by atoms with Crippen LogP contribution in [0, 0.1) is 0 Å². The number of aromatic amines is 1. The average Bonchev–Trinajstić information content (AvgIpc) is 2.94. The predicted octanol–water partition coefficient (Wildman–Crippen LogP) is 1.83. The summed E-state index contributed by atoms with van der Waals surface area (Å²) < 4.78 is 1.26. The second kappa shape index (κ2) is 5.27. The summed E-state index contributed by atoms with van der Waals surface area (Å²) in [5.74, 6) is 0.371. The molecule has 0 spiro atoms. The number of hydrogen-bond acceptors (Lipinski definition) is 5. The summed E-state index contributed by atoms with van der Waals surface area (Å²) >= 11 is 0. The van der Waals surface area contributed by atoms with Crippen molar-refractivity contribution in [3.05, 3.63) is 46.3 Å². The van der Waals surface area contributed by atoms with E-state index < -0.39 is 5.60 Å². The second-order valence-electron chi connectivity index (χ2n) is 6.39. The van der Waals surface area contributed by atoms with Crippen molar-refractivity contribution < 1.29 is 5.11 Å². The molecule has 0 aliphatic rings. The topological polar surface area (TPSA) is 96.2 Å². The van der Waals surface area contributed by atoms with E-state index in [0.717, 1.165) is 5.56 Å². The predicted molar refractivity (Wildman–Crippen MR) is 86.2 cm³/mol. The van der Waals surface area contributed by atoms with Gasteiger partial charge in [-0.25, -0.2) is 0 Å². The van der Waals surface area contributed by atoms with Crippen molar-refractivity contribution in [3.8, 4) is 11.3 Å². The maximum absolute atomic E-state index is 12.7. The maximum atomic E-state index is 12.7. The Kier molecular flexibility index (Phi) is 3.52. The molecule has 120 valence electrons. The molecule has 23 heavy (non-hydrogen) atoms. The first-order valence-corrected chi connectivity index (χ1v) is 7.43. The Hall–Kier alpha value is -2.54. The van der Waals surface area contributed by atoms with Gasteiger partial charge >= 0.3 is 0 Å². The van der Waals surface area contributed by atoms with Crippen LogP contribution in [-0.2, 0) is 5.60 Å². The molecular formula is C16H19N5O2. The molecule has 3 rings (SSSR count). The number of nitrogens with one attached hydrogen (secondary N) is 1. The summed E-state index contributed by atoms with van der Waals surface area (Å²) in [5, 5.41) is 14.2. The Morgan fingerprint density at radius 1 is 1.30 bits per heavy atom. The smallest absolute Gasteiger partial charge is 0.279 e. The van der Waals surface area contributed by atoms with E-state index in [-0.39, 0.29) is 11.5 Å². The zero-order valence-corrected chi connectivity index (χ0v) is 13.5. The quantitative estimate of drug-likeness (QED) is 0.769. The van der Waals surface area contributed by atoms with E-state index in [1.165, 1.54) is 10.8 Å². The number of aromatic nitrogens is 5. The number of hydrogen-bond donors (Lipinski definition) is 2. The summed E-state index contributed by atoms with van der Waals surface area (Å²) in [6, 6.07) is 1.83. The van der Waals surface area contributed by atoms with Gasteiger partial charge in [-0.2, -0.15) is 14.6 Å². The van der Waals surface area contributed by atoms with E-state index in [0.29, 0.717) is 22.6 Å². The third-order valence-electron chi connectivity index (χ3n) is 3.79. The van der Waals surface area contributed by atoms with Crippen LogP contribution >= 0.6 is 0 Å². The highest BCUT2D eigenvalue weighted by Crippen LogP contribution is 2.28. The van der Waals surface area contributed by atoms with Gasteiger partial charge in [0.2, 0.25) is 5.78 Å². The third-order valence-corrected chi connectivity index (χ3v) is 3.79. The number of H-pyrrole nitrogens is 1. The SMILES string of the molecule is CC(C)c1c(-c2cncc(C(C)(C)O)c2)[nH]c2ncnn2c1=O. The van der Waals surface area contributed by atoms with Crippen LogP contribution in [0.15, 0.2) is 29.6 Å². The first kappa shape index (κ1) is 15.4. The number of pyridine rings is 1. The molecule has 0 saturated heterocycles. The van der Waals surface area contributed by atoms with Gasteiger partial charge in [0.05, 0.1) is 11.3 Å². The molecule has 3 heterocycles. The fourth-order valence-corrected chi connectivity index (χ4v) is 2.55. The molecule has 0 bridgehead atoms. The van der Waals surface area contributed by atoms with E-state index in [2.05, 4.69) is 20.1 Å². The van der Waals surface area contributed by atoms with Gasteiger partial charge in [-0.3, -0.25) is 9.78 Å². The fourth-order valence-electron chi connectivity index (χ4n) is 2.55. The van der Waals surface area contributed by atoms with Crippen LogP contribution < -0.4 is 5.56 Å². The van der Waals surface area contributed by atoms with Gasteiger partial charge in [-0.1, -0.05) is 13.8 Å². The molecule has 0 fully saturated rings. The van der Waals surface area contributed by atoms with Crippen LogP contribution in [0.25, 0.3) is 17.0 Å². The monoisotopic (exact) mass is 313 g/mol. The molecule has 7 nitrogen and oxygen atoms in total. The van der Waals surface area contributed by atoms with Crippen molar-refractivity contribution in [1.29, 1.82) is 0 Å². The number of aliphatic hydroxyl groups is 1. The van der Waals surface area contributed by atoms with Gasteiger partial charge in [-0.15, -0.1) is 0 Å². The van der Waals surface area contributed by atoms with Gasteiger partial charge in [0.1, 0.15) is 6.33 Å². The normalized spacial score (nSPS) is 12.3. The lowest BCUT2D eigenvalue weighted by atomic mass is 9.95. The molecule has 2 N–H and O–H groups in total. The fraction of sp³-hybridized carbons (Fsp3) is 0.375. The first-order chi connectivity index (χ1) is 10.8. The molecule has 3 aromatic heterocycles. The molecule has 0 radical (unpaired) electrons. The zero-order valence-electron chi connectivity index (χ0n) is 13.5. The van der Waals surface area contributed by atoms with E-state index >= 15 is 0 Å². The molecule has 0 unspecified atom stereocenters. The van der Waals surface area contributed by atoms with E-state index in [1.54, 1.807) is 26.2 Å². The number of rotatable bonds is 3. The van der Waals surface area contributed by atoms with Crippen molar-refractivity contribution in [2.75, 3.05) is 0 Å². The average molecular weight is 313 g/mol. The van der Waals surface area contributed by atoms with Gasteiger partial charge in [-0.05, 0) is 25.8 Å². The molecule has 0 saturated carbocycles. The summed E-state index contributed by atoms with van der Waals surface area (Å²) in [5.41, 5.74) is 1.46. The van der Waals surface area contributed by atoms with Crippen LogP contribution in [0.1, 0.15) is 44.7 Å². The minimum atomic E-state index is -1.01. The Balaban J connectivity index is 2.31. The van der Waals surface area contributed by atoms with Crippen molar-refractivity contribution in [2.45, 2.75) is 39.2 Å². The molecule has 3 aromatic rings. The Labute approximate surface area is 133 Å². The molecule has 0 aromatic carbocycles. The minimum Gasteiger partial charge on any atom is -0.386 e. The Morgan fingerprint density at radius 3 is 2.70 bits per heavy atom. The zero-order chi connectivity index (χ0) is 16.8. The summed E-state index contributed by atoms with van der Waals surface area (Å²) in [6.45, 7) is 7.29. The summed E-state index contributed by atoms with van der Waals surface area (Å²) in [4.78, 5) is 24.1. The largest absolute Gasteiger partial charge is 0.386 e. The minimum absolute atomic E-state index is 0.00635. The van der Waals surface area contributed by atoms with Gasteiger partial charge < -0.3 is 10.1 Å². The van der Waals surface area contributed by atoms with Crippen molar-refractivity contribution in [3.63, 3.8) is 0 Å². The molecule has 0 aliphatic carbocycles. The summed E-state index contributed by atoms with van der Waals surface area (Å²) in [7, 11) is 0. The van der Waals surface area contributed by atoms with Gasteiger partial charge in [0.25, 0.3) is 5.56 Å². The van der Waals surface area contributed by atoms with E-state index in [4.69, 9.17) is 0 Å². The van der Waals surface area contributed by atoms with Gasteiger partial charge in [0, 0.05) is 29.1 Å². The molecular weight excluding hydrogens is 294 g/mol. The maximum Gasteiger partial charge on any atom is 0.279 e. The van der Waals surface area contributed by atoms with E-state index in [9.17, 15) is 9.90 Å². The lowest BCUT2D eigenvalue weighted by molar-refractivity contribution is 0.0783. The molecule has 0 amide bonds. The number of nitrogens with zero attached hydrogens (tertiary/aromatic N) is 4. The second-order valence-corrected chi connectivity index (χ2v) is 6.39. The van der Waals surface area contributed by atoms with Crippen LogP contribution in [0.3, 0.4) is 0 Å². The summed E-state index contributed by atoms with van der Waals surface area (Å²) in [6.07, 6.45) is 4.62. The Bertz CT molecular complexity index is 918. The number of fused-ring (bicyclic) bond motifs is 1. The molecule has 7 heteroatoms. The van der Waals surface area contributed by atoms with Crippen LogP contribution in [0.2, 0.25) is 0 Å². The Morgan fingerprint density at radius 2 is 2.04 bits per heavy atom. The highest BCUT2D eigenvalue weighted by atomic mass is 16.3.